The monoisotopic (exact) mass is 368 g/mol. The van der Waals surface area contributed by atoms with Crippen molar-refractivity contribution < 1.29 is 13.6 Å². The van der Waals surface area contributed by atoms with Crippen molar-refractivity contribution in [2.24, 2.45) is 0 Å². The summed E-state index contributed by atoms with van der Waals surface area (Å²) in [5.74, 6) is -0.383. The van der Waals surface area contributed by atoms with Gasteiger partial charge in [0.15, 0.2) is 5.76 Å². The number of piperazine rings is 1. The van der Waals surface area contributed by atoms with Crippen LogP contribution in [0.3, 0.4) is 0 Å². The molecular formula is C19H20N4O4. The smallest absolute Gasteiger partial charge is 0.437 e. The molecule has 3 aromatic rings. The molecule has 0 atom stereocenters. The summed E-state index contributed by atoms with van der Waals surface area (Å²) in [5.41, 5.74) is 1.26. The Balaban J connectivity index is 1.33. The minimum atomic E-state index is -0.669. The van der Waals surface area contributed by atoms with E-state index in [0.29, 0.717) is 18.8 Å². The Morgan fingerprint density at radius 2 is 1.81 bits per heavy atom. The molecule has 0 spiro atoms. The number of carbonyl (C=O) groups is 1. The maximum absolute atomic E-state index is 12.5. The number of hydrogen-bond acceptors (Lipinski definition) is 6. The highest BCUT2D eigenvalue weighted by atomic mass is 16.4. The van der Waals surface area contributed by atoms with Gasteiger partial charge in [-0.05, 0) is 17.7 Å². The molecule has 0 saturated carbocycles. The zero-order valence-electron chi connectivity index (χ0n) is 14.8. The third-order valence-electron chi connectivity index (χ3n) is 4.60. The maximum atomic E-state index is 12.5. The van der Waals surface area contributed by atoms with Gasteiger partial charge in [-0.15, -0.1) is 5.10 Å². The highest BCUT2D eigenvalue weighted by Crippen LogP contribution is 2.15. The highest BCUT2D eigenvalue weighted by molar-refractivity contribution is 5.76. The van der Waals surface area contributed by atoms with Gasteiger partial charge in [0.05, 0.1) is 6.26 Å². The summed E-state index contributed by atoms with van der Waals surface area (Å²) < 4.78 is 11.3. The van der Waals surface area contributed by atoms with Gasteiger partial charge in [-0.2, -0.15) is 4.68 Å². The maximum Gasteiger partial charge on any atom is 0.437 e. The van der Waals surface area contributed by atoms with Crippen molar-refractivity contribution >= 4 is 5.91 Å². The van der Waals surface area contributed by atoms with Crippen molar-refractivity contribution in [3.05, 3.63) is 64.8 Å². The van der Waals surface area contributed by atoms with Crippen molar-refractivity contribution in [3.63, 3.8) is 0 Å². The summed E-state index contributed by atoms with van der Waals surface area (Å²) in [6.45, 7) is 3.59. The van der Waals surface area contributed by atoms with E-state index in [1.807, 2.05) is 18.2 Å². The van der Waals surface area contributed by atoms with E-state index in [4.69, 9.17) is 8.83 Å². The normalized spacial score (nSPS) is 15.2. The molecule has 1 amide bonds. The lowest BCUT2D eigenvalue weighted by Crippen LogP contribution is -2.49. The molecule has 0 unspecified atom stereocenters. The molecule has 3 heterocycles. The summed E-state index contributed by atoms with van der Waals surface area (Å²) in [6.07, 6.45) is 1.47. The van der Waals surface area contributed by atoms with Crippen LogP contribution < -0.4 is 5.76 Å². The van der Waals surface area contributed by atoms with E-state index in [9.17, 15) is 9.59 Å². The highest BCUT2D eigenvalue weighted by Gasteiger charge is 2.23. The number of aromatic nitrogens is 2. The van der Waals surface area contributed by atoms with Crippen molar-refractivity contribution in [2.75, 3.05) is 26.2 Å². The van der Waals surface area contributed by atoms with Crippen LogP contribution in [-0.4, -0.2) is 51.7 Å². The lowest BCUT2D eigenvalue weighted by molar-refractivity contribution is -0.134. The molecule has 8 nitrogen and oxygen atoms in total. The lowest BCUT2D eigenvalue weighted by atomic mass is 10.2. The van der Waals surface area contributed by atoms with Gasteiger partial charge >= 0.3 is 5.76 Å². The number of carbonyl (C=O) groups excluding carboxylic acids is 1. The van der Waals surface area contributed by atoms with E-state index >= 15 is 0 Å². The molecule has 1 saturated heterocycles. The molecule has 0 N–H and O–H groups in total. The number of hydrogen-bond donors (Lipinski definition) is 0. The molecular weight excluding hydrogens is 348 g/mol. The first-order chi connectivity index (χ1) is 13.2. The zero-order chi connectivity index (χ0) is 18.6. The summed E-state index contributed by atoms with van der Waals surface area (Å²) in [4.78, 5) is 28.5. The summed E-state index contributed by atoms with van der Waals surface area (Å²) >= 11 is 0. The lowest BCUT2D eigenvalue weighted by Gasteiger charge is -2.34. The topological polar surface area (TPSA) is 84.7 Å². The van der Waals surface area contributed by atoms with Crippen molar-refractivity contribution in [2.45, 2.75) is 13.1 Å². The van der Waals surface area contributed by atoms with Gasteiger partial charge < -0.3 is 13.7 Å². The minimum absolute atomic E-state index is 0.0745. The number of furan rings is 1. The minimum Gasteiger partial charge on any atom is -0.459 e. The predicted molar refractivity (Wildman–Crippen MR) is 96.8 cm³/mol. The van der Waals surface area contributed by atoms with E-state index in [-0.39, 0.29) is 18.3 Å². The average molecular weight is 368 g/mol. The van der Waals surface area contributed by atoms with Gasteiger partial charge in [0.2, 0.25) is 5.91 Å². The molecule has 140 valence electrons. The summed E-state index contributed by atoms with van der Waals surface area (Å²) in [5, 5.41) is 4.04. The van der Waals surface area contributed by atoms with E-state index in [1.165, 1.54) is 11.8 Å². The molecule has 0 radical (unpaired) electrons. The van der Waals surface area contributed by atoms with Crippen molar-refractivity contribution in [1.29, 1.82) is 0 Å². The molecule has 2 aromatic heterocycles. The second-order valence-corrected chi connectivity index (χ2v) is 6.45. The van der Waals surface area contributed by atoms with Gasteiger partial charge in [-0.1, -0.05) is 30.3 Å². The fourth-order valence-electron chi connectivity index (χ4n) is 3.13. The molecule has 0 bridgehead atoms. The molecule has 0 aliphatic carbocycles. The van der Waals surface area contributed by atoms with Gasteiger partial charge in [0.25, 0.3) is 5.89 Å². The van der Waals surface area contributed by atoms with E-state index in [2.05, 4.69) is 22.1 Å². The molecule has 4 rings (SSSR count). The van der Waals surface area contributed by atoms with Crippen molar-refractivity contribution in [1.82, 2.24) is 19.6 Å². The van der Waals surface area contributed by atoms with Gasteiger partial charge in [0, 0.05) is 32.7 Å². The van der Waals surface area contributed by atoms with Gasteiger partial charge in [0.1, 0.15) is 6.54 Å². The van der Waals surface area contributed by atoms with Crippen LogP contribution >= 0.6 is 0 Å². The van der Waals surface area contributed by atoms with Crippen LogP contribution in [-0.2, 0) is 17.9 Å². The Morgan fingerprint density at radius 3 is 2.52 bits per heavy atom. The van der Waals surface area contributed by atoms with E-state index in [1.54, 1.807) is 17.0 Å². The third-order valence-corrected chi connectivity index (χ3v) is 4.60. The van der Waals surface area contributed by atoms with Crippen LogP contribution in [0.2, 0.25) is 0 Å². The predicted octanol–water partition coefficient (Wildman–Crippen LogP) is 1.44. The first kappa shape index (κ1) is 17.3. The number of benzene rings is 1. The number of nitrogens with zero attached hydrogens (tertiary/aromatic N) is 4. The Morgan fingerprint density at radius 1 is 1.04 bits per heavy atom. The second kappa shape index (κ2) is 7.63. The van der Waals surface area contributed by atoms with Crippen LogP contribution in [0.15, 0.2) is 62.4 Å². The van der Waals surface area contributed by atoms with Crippen LogP contribution in [0.25, 0.3) is 11.7 Å². The average Bonchev–Trinajstić information content (AvgIpc) is 3.34. The SMILES string of the molecule is O=C(Cn1nc(-c2ccco2)oc1=O)N1CCN(Cc2ccccc2)CC1. The number of rotatable bonds is 5. The molecule has 1 aliphatic heterocycles. The fourth-order valence-corrected chi connectivity index (χ4v) is 3.13. The molecule has 8 heteroatoms. The third kappa shape index (κ3) is 4.01. The Bertz CT molecular complexity index is 938. The Hall–Kier alpha value is -3.13. The van der Waals surface area contributed by atoms with E-state index < -0.39 is 5.76 Å². The molecule has 1 aromatic carbocycles. The first-order valence-electron chi connectivity index (χ1n) is 8.85. The number of amides is 1. The van der Waals surface area contributed by atoms with E-state index in [0.717, 1.165) is 24.3 Å². The van der Waals surface area contributed by atoms with Crippen molar-refractivity contribution in [3.8, 4) is 11.7 Å². The van der Waals surface area contributed by atoms with Crippen LogP contribution in [0.5, 0.6) is 0 Å². The van der Waals surface area contributed by atoms with Crippen LogP contribution in [0.4, 0.5) is 0 Å². The Kier molecular flexibility index (Phi) is 4.88. The summed E-state index contributed by atoms with van der Waals surface area (Å²) in [6, 6.07) is 13.6. The van der Waals surface area contributed by atoms with Gasteiger partial charge in [-0.25, -0.2) is 4.79 Å². The van der Waals surface area contributed by atoms with Gasteiger partial charge in [-0.3, -0.25) is 9.69 Å². The van der Waals surface area contributed by atoms with Crippen LogP contribution in [0, 0.1) is 0 Å². The Labute approximate surface area is 155 Å². The first-order valence-corrected chi connectivity index (χ1v) is 8.85. The molecule has 1 aliphatic rings. The zero-order valence-corrected chi connectivity index (χ0v) is 14.8. The summed E-state index contributed by atoms with van der Waals surface area (Å²) in [7, 11) is 0. The quantitative estimate of drug-likeness (QED) is 0.678. The van der Waals surface area contributed by atoms with Crippen LogP contribution in [0.1, 0.15) is 5.56 Å². The standard InChI is InChI=1S/C19H20N4O4/c24-17(14-23-19(25)27-18(20-23)16-7-4-12-26-16)22-10-8-21(9-11-22)13-15-5-2-1-3-6-15/h1-7,12H,8-11,13-14H2. The fraction of sp³-hybridized carbons (Fsp3) is 0.316. The molecule has 1 fully saturated rings. The second-order valence-electron chi connectivity index (χ2n) is 6.45. The molecule has 27 heavy (non-hydrogen) atoms. The largest absolute Gasteiger partial charge is 0.459 e.